The van der Waals surface area contributed by atoms with Gasteiger partial charge in [0.1, 0.15) is 0 Å². The number of aliphatic hydroxyl groups excluding tert-OH is 1. The van der Waals surface area contributed by atoms with Gasteiger partial charge in [-0.25, -0.2) is 0 Å². The SMILES string of the molecule is CC.CO.NC1CCN(C(=O)[C@H]2CCCN2)CC1. The number of carbonyl (C=O) groups excluding carboxylic acids is 1. The van der Waals surface area contributed by atoms with Crippen LogP contribution < -0.4 is 11.1 Å². The lowest BCUT2D eigenvalue weighted by Crippen LogP contribution is -2.49. The average molecular weight is 259 g/mol. The molecule has 0 unspecified atom stereocenters. The molecule has 5 heteroatoms. The van der Waals surface area contributed by atoms with E-state index in [-0.39, 0.29) is 11.9 Å². The van der Waals surface area contributed by atoms with Crippen molar-refractivity contribution in [3.63, 3.8) is 0 Å². The van der Waals surface area contributed by atoms with Crippen molar-refractivity contribution in [2.75, 3.05) is 26.7 Å². The van der Waals surface area contributed by atoms with Gasteiger partial charge in [0.05, 0.1) is 6.04 Å². The highest BCUT2D eigenvalue weighted by Gasteiger charge is 2.28. The summed E-state index contributed by atoms with van der Waals surface area (Å²) >= 11 is 0. The van der Waals surface area contributed by atoms with E-state index in [1.54, 1.807) is 0 Å². The van der Waals surface area contributed by atoms with Crippen LogP contribution in [-0.2, 0) is 4.79 Å². The molecule has 2 aliphatic rings. The van der Waals surface area contributed by atoms with Gasteiger partial charge in [-0.3, -0.25) is 4.79 Å². The zero-order valence-corrected chi connectivity index (χ0v) is 12.0. The van der Waals surface area contributed by atoms with Gasteiger partial charge in [0.15, 0.2) is 0 Å². The van der Waals surface area contributed by atoms with Crippen LogP contribution in [0, 0.1) is 0 Å². The van der Waals surface area contributed by atoms with Gasteiger partial charge in [0.25, 0.3) is 0 Å². The first-order chi connectivity index (χ1) is 8.77. The van der Waals surface area contributed by atoms with Gasteiger partial charge in [-0.05, 0) is 32.2 Å². The van der Waals surface area contributed by atoms with Crippen LogP contribution >= 0.6 is 0 Å². The molecule has 0 aliphatic carbocycles. The Labute approximate surface area is 111 Å². The van der Waals surface area contributed by atoms with Crippen molar-refractivity contribution in [2.45, 2.75) is 51.6 Å². The number of aliphatic hydroxyl groups is 1. The number of nitrogens with two attached hydrogens (primary N) is 1. The molecular formula is C13H29N3O2. The second-order valence-corrected chi connectivity index (χ2v) is 4.31. The summed E-state index contributed by atoms with van der Waals surface area (Å²) in [5.41, 5.74) is 5.80. The molecule has 0 bridgehead atoms. The van der Waals surface area contributed by atoms with Gasteiger partial charge in [0.2, 0.25) is 5.91 Å². The Morgan fingerprint density at radius 2 is 1.78 bits per heavy atom. The highest BCUT2D eigenvalue weighted by molar-refractivity contribution is 5.82. The summed E-state index contributed by atoms with van der Waals surface area (Å²) in [7, 11) is 1.00. The molecule has 0 radical (unpaired) electrons. The number of likely N-dealkylation sites (tertiary alicyclic amines) is 1. The maximum Gasteiger partial charge on any atom is 0.239 e. The van der Waals surface area contributed by atoms with E-state index in [0.717, 1.165) is 52.4 Å². The number of carbonyl (C=O) groups is 1. The lowest BCUT2D eigenvalue weighted by atomic mass is 10.0. The van der Waals surface area contributed by atoms with Crippen molar-refractivity contribution in [1.29, 1.82) is 0 Å². The van der Waals surface area contributed by atoms with E-state index in [0.29, 0.717) is 6.04 Å². The Bertz CT molecular complexity index is 210. The molecular weight excluding hydrogens is 230 g/mol. The largest absolute Gasteiger partial charge is 0.400 e. The van der Waals surface area contributed by atoms with E-state index in [9.17, 15) is 4.79 Å². The van der Waals surface area contributed by atoms with Gasteiger partial charge in [-0.2, -0.15) is 0 Å². The maximum absolute atomic E-state index is 11.9. The van der Waals surface area contributed by atoms with E-state index in [1.807, 2.05) is 18.7 Å². The van der Waals surface area contributed by atoms with Crippen LogP contribution in [0.1, 0.15) is 39.5 Å². The summed E-state index contributed by atoms with van der Waals surface area (Å²) < 4.78 is 0. The van der Waals surface area contributed by atoms with Crippen LogP contribution in [0.2, 0.25) is 0 Å². The zero-order chi connectivity index (χ0) is 14.0. The third-order valence-electron chi connectivity index (χ3n) is 3.21. The Balaban J connectivity index is 0.000000659. The quantitative estimate of drug-likeness (QED) is 0.634. The van der Waals surface area contributed by atoms with E-state index in [2.05, 4.69) is 5.32 Å². The maximum atomic E-state index is 11.9. The number of nitrogens with one attached hydrogen (secondary N) is 1. The first kappa shape index (κ1) is 17.4. The predicted octanol–water partition coefficient (Wildman–Crippen LogP) is 0.323. The molecule has 2 aliphatic heterocycles. The number of piperidine rings is 1. The highest BCUT2D eigenvalue weighted by Crippen LogP contribution is 2.13. The summed E-state index contributed by atoms with van der Waals surface area (Å²) in [6, 6.07) is 0.389. The van der Waals surface area contributed by atoms with Crippen LogP contribution in [0.4, 0.5) is 0 Å². The zero-order valence-electron chi connectivity index (χ0n) is 12.0. The van der Waals surface area contributed by atoms with Crippen molar-refractivity contribution < 1.29 is 9.90 Å². The van der Waals surface area contributed by atoms with Gasteiger partial charge >= 0.3 is 0 Å². The third kappa shape index (κ3) is 5.33. The average Bonchev–Trinajstić information content (AvgIpc) is 2.97. The fraction of sp³-hybridized carbons (Fsp3) is 0.923. The Morgan fingerprint density at radius 3 is 2.22 bits per heavy atom. The summed E-state index contributed by atoms with van der Waals surface area (Å²) in [4.78, 5) is 13.9. The van der Waals surface area contributed by atoms with Gasteiger partial charge in [-0.1, -0.05) is 13.8 Å². The first-order valence-electron chi connectivity index (χ1n) is 7.00. The van der Waals surface area contributed by atoms with Crippen LogP contribution in [0.15, 0.2) is 0 Å². The van der Waals surface area contributed by atoms with Crippen molar-refractivity contribution in [1.82, 2.24) is 10.2 Å². The fourth-order valence-corrected chi connectivity index (χ4v) is 2.24. The van der Waals surface area contributed by atoms with Crippen LogP contribution in [0.25, 0.3) is 0 Å². The molecule has 4 N–H and O–H groups in total. The van der Waals surface area contributed by atoms with Gasteiger partial charge < -0.3 is 21.1 Å². The molecule has 2 saturated heterocycles. The number of hydrogen-bond donors (Lipinski definition) is 3. The van der Waals surface area contributed by atoms with E-state index >= 15 is 0 Å². The summed E-state index contributed by atoms with van der Waals surface area (Å²) in [6.07, 6.45) is 4.04. The number of amides is 1. The highest BCUT2D eigenvalue weighted by atomic mass is 16.2. The molecule has 2 rings (SSSR count). The molecule has 1 amide bonds. The summed E-state index contributed by atoms with van der Waals surface area (Å²) in [6.45, 7) is 6.68. The number of hydrogen-bond acceptors (Lipinski definition) is 4. The Morgan fingerprint density at radius 1 is 1.22 bits per heavy atom. The van der Waals surface area contributed by atoms with Crippen LogP contribution in [-0.4, -0.2) is 54.7 Å². The molecule has 0 spiro atoms. The molecule has 0 aromatic carbocycles. The summed E-state index contributed by atoms with van der Waals surface area (Å²) in [5.74, 6) is 0.286. The van der Waals surface area contributed by atoms with Crippen LogP contribution in [0.5, 0.6) is 0 Å². The van der Waals surface area contributed by atoms with E-state index < -0.39 is 0 Å². The lowest BCUT2D eigenvalue weighted by molar-refractivity contribution is -0.134. The minimum Gasteiger partial charge on any atom is -0.400 e. The van der Waals surface area contributed by atoms with Gasteiger partial charge in [0, 0.05) is 26.2 Å². The molecule has 2 fully saturated rings. The Hall–Kier alpha value is -0.650. The predicted molar refractivity (Wildman–Crippen MR) is 74.3 cm³/mol. The smallest absolute Gasteiger partial charge is 0.239 e. The third-order valence-corrected chi connectivity index (χ3v) is 3.21. The molecule has 18 heavy (non-hydrogen) atoms. The minimum atomic E-state index is 0.0873. The molecule has 2 heterocycles. The summed E-state index contributed by atoms with van der Waals surface area (Å²) in [5, 5.41) is 10.2. The van der Waals surface area contributed by atoms with Crippen molar-refractivity contribution in [3.05, 3.63) is 0 Å². The van der Waals surface area contributed by atoms with Crippen molar-refractivity contribution in [3.8, 4) is 0 Å². The molecule has 0 aromatic rings. The fourth-order valence-electron chi connectivity index (χ4n) is 2.24. The lowest BCUT2D eigenvalue weighted by Gasteiger charge is -2.32. The van der Waals surface area contributed by atoms with Crippen LogP contribution in [0.3, 0.4) is 0 Å². The molecule has 0 aromatic heterocycles. The normalized spacial score (nSPS) is 23.6. The first-order valence-corrected chi connectivity index (χ1v) is 7.00. The van der Waals surface area contributed by atoms with E-state index in [1.165, 1.54) is 0 Å². The van der Waals surface area contributed by atoms with Crippen molar-refractivity contribution >= 4 is 5.91 Å². The standard InChI is InChI=1S/C10H19N3O.C2H6.CH4O/c11-8-3-6-13(7-4-8)10(14)9-2-1-5-12-9;2*1-2/h8-9,12H,1-7,11H2;1-2H3;2H,1H3/t9-;;/m1../s1. The van der Waals surface area contributed by atoms with Crippen molar-refractivity contribution in [2.24, 2.45) is 5.73 Å². The minimum absolute atomic E-state index is 0.0873. The topological polar surface area (TPSA) is 78.6 Å². The molecule has 1 atom stereocenters. The number of nitrogens with zero attached hydrogens (tertiary/aromatic N) is 1. The Kier molecular flexibility index (Phi) is 9.92. The molecule has 0 saturated carbocycles. The monoisotopic (exact) mass is 259 g/mol. The van der Waals surface area contributed by atoms with Gasteiger partial charge in [-0.15, -0.1) is 0 Å². The van der Waals surface area contributed by atoms with E-state index in [4.69, 9.17) is 10.8 Å². The second kappa shape index (κ2) is 10.3. The second-order valence-electron chi connectivity index (χ2n) is 4.31. The number of rotatable bonds is 1. The molecule has 5 nitrogen and oxygen atoms in total. The molecule has 108 valence electrons.